The molecule has 0 saturated carbocycles. The molecule has 1 aromatic heterocycles. The minimum absolute atomic E-state index is 0.102. The van der Waals surface area contributed by atoms with Crippen LogP contribution in [0.15, 0.2) is 58.7 Å². The number of oxime groups is 1. The monoisotopic (exact) mass is 417 g/mol. The van der Waals surface area contributed by atoms with E-state index in [-0.39, 0.29) is 17.9 Å². The number of benzene rings is 1. The summed E-state index contributed by atoms with van der Waals surface area (Å²) < 4.78 is 27.7. The van der Waals surface area contributed by atoms with E-state index in [0.29, 0.717) is 25.1 Å². The van der Waals surface area contributed by atoms with Crippen molar-refractivity contribution in [2.75, 3.05) is 10.8 Å². The van der Waals surface area contributed by atoms with E-state index >= 15 is 0 Å². The molecule has 1 aromatic carbocycles. The summed E-state index contributed by atoms with van der Waals surface area (Å²) in [6, 6.07) is 11.8. The lowest BCUT2D eigenvalue weighted by Crippen LogP contribution is -2.33. The molecule has 0 fully saturated rings. The van der Waals surface area contributed by atoms with Gasteiger partial charge in [-0.3, -0.25) is 4.79 Å². The van der Waals surface area contributed by atoms with Gasteiger partial charge >= 0.3 is 5.97 Å². The first-order valence-corrected chi connectivity index (χ1v) is 10.7. The molecular formula is C20H23N3O5S. The third-order valence-electron chi connectivity index (χ3n) is 4.54. The summed E-state index contributed by atoms with van der Waals surface area (Å²) >= 11 is 0. The largest absolute Gasteiger partial charge is 0.481 e. The van der Waals surface area contributed by atoms with Crippen molar-refractivity contribution < 1.29 is 23.2 Å². The molecule has 0 saturated heterocycles. The number of nitrogens with zero attached hydrogens (tertiary/aromatic N) is 3. The minimum Gasteiger partial charge on any atom is -0.481 e. The molecule has 8 nitrogen and oxygen atoms in total. The van der Waals surface area contributed by atoms with Gasteiger partial charge in [-0.2, -0.15) is 0 Å². The molecule has 0 unspecified atom stereocenters. The number of sulfonamides is 1. The molecule has 29 heavy (non-hydrogen) atoms. The number of carbonyl (C=O) groups is 1. The molecule has 0 radical (unpaired) electrons. The lowest BCUT2D eigenvalue weighted by Gasteiger charge is -2.23. The molecule has 0 amide bonds. The summed E-state index contributed by atoms with van der Waals surface area (Å²) in [6.45, 7) is 2.12. The van der Waals surface area contributed by atoms with Crippen LogP contribution in [0.1, 0.15) is 31.2 Å². The van der Waals surface area contributed by atoms with Crippen molar-refractivity contribution in [3.63, 3.8) is 0 Å². The molecule has 1 atom stereocenters. The van der Waals surface area contributed by atoms with Crippen molar-refractivity contribution in [2.45, 2.75) is 43.6 Å². The van der Waals surface area contributed by atoms with Gasteiger partial charge in [0, 0.05) is 19.2 Å². The number of aryl methyl sites for hydroxylation is 1. The van der Waals surface area contributed by atoms with Gasteiger partial charge in [0.05, 0.1) is 17.0 Å². The van der Waals surface area contributed by atoms with Crippen molar-refractivity contribution in [2.24, 2.45) is 5.16 Å². The van der Waals surface area contributed by atoms with Gasteiger partial charge in [0.2, 0.25) is 0 Å². The second-order valence-corrected chi connectivity index (χ2v) is 8.73. The maximum absolute atomic E-state index is 13.2. The lowest BCUT2D eigenvalue weighted by molar-refractivity contribution is -0.139. The molecule has 1 aliphatic heterocycles. The van der Waals surface area contributed by atoms with Crippen LogP contribution in [0.25, 0.3) is 0 Å². The predicted octanol–water partition coefficient (Wildman–Crippen LogP) is 2.99. The van der Waals surface area contributed by atoms with E-state index in [1.807, 2.05) is 6.92 Å². The highest BCUT2D eigenvalue weighted by Crippen LogP contribution is 2.23. The highest BCUT2D eigenvalue weighted by molar-refractivity contribution is 7.92. The van der Waals surface area contributed by atoms with Gasteiger partial charge in [-0.15, -0.1) is 0 Å². The fourth-order valence-electron chi connectivity index (χ4n) is 3.06. The van der Waals surface area contributed by atoms with E-state index in [2.05, 4.69) is 10.1 Å². The van der Waals surface area contributed by atoms with Gasteiger partial charge in [0.1, 0.15) is 11.9 Å². The second kappa shape index (κ2) is 9.04. The van der Waals surface area contributed by atoms with Gasteiger partial charge < -0.3 is 9.94 Å². The fraction of sp³-hybridized carbons (Fsp3) is 0.350. The molecule has 1 aliphatic rings. The Morgan fingerprint density at radius 1 is 1.24 bits per heavy atom. The number of rotatable bonds is 9. The molecule has 2 heterocycles. The number of carboxylic acid groups (broad SMARTS) is 1. The zero-order chi connectivity index (χ0) is 20.9. The van der Waals surface area contributed by atoms with Crippen LogP contribution in [0.3, 0.4) is 0 Å². The Kier molecular flexibility index (Phi) is 6.48. The number of pyridine rings is 1. The number of aliphatic carboxylic acids is 1. The molecule has 154 valence electrons. The lowest BCUT2D eigenvalue weighted by atomic mass is 10.1. The summed E-state index contributed by atoms with van der Waals surface area (Å²) in [5.74, 6) is -0.585. The Labute approximate surface area is 169 Å². The summed E-state index contributed by atoms with van der Waals surface area (Å²) in [5.41, 5.74) is 1.72. The number of anilines is 1. The number of hydrogen-bond acceptors (Lipinski definition) is 6. The third kappa shape index (κ3) is 5.32. The topological polar surface area (TPSA) is 109 Å². The van der Waals surface area contributed by atoms with Gasteiger partial charge in [-0.25, -0.2) is 17.7 Å². The van der Waals surface area contributed by atoms with E-state index in [4.69, 9.17) is 9.94 Å². The molecule has 2 aromatic rings. The van der Waals surface area contributed by atoms with Crippen molar-refractivity contribution in [3.05, 3.63) is 54.2 Å². The summed E-state index contributed by atoms with van der Waals surface area (Å²) in [6.07, 6.45) is 2.46. The van der Waals surface area contributed by atoms with E-state index in [1.54, 1.807) is 48.7 Å². The first-order chi connectivity index (χ1) is 13.9. The third-order valence-corrected chi connectivity index (χ3v) is 6.35. The number of aromatic nitrogens is 1. The first-order valence-electron chi connectivity index (χ1n) is 9.30. The van der Waals surface area contributed by atoms with E-state index < -0.39 is 22.1 Å². The van der Waals surface area contributed by atoms with Crippen molar-refractivity contribution in [1.82, 2.24) is 4.98 Å². The molecule has 0 bridgehead atoms. The highest BCUT2D eigenvalue weighted by atomic mass is 32.2. The second-order valence-electron chi connectivity index (χ2n) is 6.87. The first kappa shape index (κ1) is 20.8. The molecular weight excluding hydrogens is 394 g/mol. The molecule has 3 rings (SSSR count). The van der Waals surface area contributed by atoms with Gasteiger partial charge in [0.25, 0.3) is 10.0 Å². The van der Waals surface area contributed by atoms with Gasteiger partial charge in [0.15, 0.2) is 0 Å². The zero-order valence-corrected chi connectivity index (χ0v) is 16.9. The Morgan fingerprint density at radius 2 is 2.00 bits per heavy atom. The summed E-state index contributed by atoms with van der Waals surface area (Å²) in [4.78, 5) is 20.3. The summed E-state index contributed by atoms with van der Waals surface area (Å²) in [7, 11) is -3.77. The minimum atomic E-state index is -3.77. The Morgan fingerprint density at radius 3 is 2.66 bits per heavy atom. The van der Waals surface area contributed by atoms with Crippen molar-refractivity contribution in [3.8, 4) is 0 Å². The molecule has 9 heteroatoms. The van der Waals surface area contributed by atoms with Crippen LogP contribution < -0.4 is 4.31 Å². The van der Waals surface area contributed by atoms with Crippen LogP contribution in [-0.4, -0.2) is 42.8 Å². The van der Waals surface area contributed by atoms with Crippen LogP contribution >= 0.6 is 0 Å². The van der Waals surface area contributed by atoms with Gasteiger partial charge in [-0.05, 0) is 44.0 Å². The van der Waals surface area contributed by atoms with E-state index in [9.17, 15) is 13.2 Å². The fourth-order valence-corrected chi connectivity index (χ4v) is 4.52. The van der Waals surface area contributed by atoms with Crippen LogP contribution in [0.4, 0.5) is 5.82 Å². The zero-order valence-electron chi connectivity index (χ0n) is 16.1. The van der Waals surface area contributed by atoms with E-state index in [1.165, 1.54) is 4.31 Å². The van der Waals surface area contributed by atoms with Crippen molar-refractivity contribution >= 4 is 27.5 Å². The molecule has 0 spiro atoms. The maximum Gasteiger partial charge on any atom is 0.307 e. The quantitative estimate of drug-likeness (QED) is 0.672. The summed E-state index contributed by atoms with van der Waals surface area (Å²) in [5, 5.41) is 12.8. The van der Waals surface area contributed by atoms with E-state index in [0.717, 1.165) is 11.3 Å². The maximum atomic E-state index is 13.2. The highest BCUT2D eigenvalue weighted by Gasteiger charge is 2.27. The molecule has 0 aliphatic carbocycles. The SMILES string of the molecule is Cc1ccc(S(=O)(=O)N(CCCC2=NO[C@@H](CC(=O)O)C2)c2ccccn2)cc1. The van der Waals surface area contributed by atoms with Crippen LogP contribution in [0.2, 0.25) is 0 Å². The standard InChI is InChI=1S/C20H23N3O5S/c1-15-7-9-18(10-8-15)29(26,27)23(19-6-2-3-11-21-19)12-4-5-16-13-17(28-22-16)14-20(24)25/h2-3,6-11,17H,4-5,12-14H2,1H3,(H,24,25)/t17-/m1/s1. The average molecular weight is 417 g/mol. The Balaban J connectivity index is 1.71. The predicted molar refractivity (Wildman–Crippen MR) is 108 cm³/mol. The Hall–Kier alpha value is -2.94. The smallest absolute Gasteiger partial charge is 0.307 e. The van der Waals surface area contributed by atoms with Crippen molar-refractivity contribution in [1.29, 1.82) is 0 Å². The Bertz CT molecular complexity index is 975. The van der Waals surface area contributed by atoms with Gasteiger partial charge in [-0.1, -0.05) is 28.9 Å². The van der Waals surface area contributed by atoms with Crippen LogP contribution in [0.5, 0.6) is 0 Å². The average Bonchev–Trinajstić information content (AvgIpc) is 3.12. The molecule has 1 N–H and O–H groups in total. The number of hydrogen-bond donors (Lipinski definition) is 1. The normalized spacial score (nSPS) is 16.2. The number of carboxylic acids is 1. The van der Waals surface area contributed by atoms with Crippen LogP contribution in [0, 0.1) is 6.92 Å². The van der Waals surface area contributed by atoms with Crippen LogP contribution in [-0.2, 0) is 19.7 Å².